The number of rotatable bonds is 5. The quantitative estimate of drug-likeness (QED) is 0.890. The van der Waals surface area contributed by atoms with Crippen molar-refractivity contribution in [2.75, 3.05) is 31.7 Å². The molecule has 0 aromatic carbocycles. The van der Waals surface area contributed by atoms with Gasteiger partial charge in [-0.25, -0.2) is 9.97 Å². The number of halogens is 1. The summed E-state index contributed by atoms with van der Waals surface area (Å²) in [6.07, 6.45) is 0.738. The van der Waals surface area contributed by atoms with Gasteiger partial charge < -0.3 is 14.8 Å². The topological polar surface area (TPSA) is 56.3 Å². The van der Waals surface area contributed by atoms with E-state index in [9.17, 15) is 0 Å². The molecule has 1 N–H and O–H groups in total. The average Bonchev–Trinajstić information content (AvgIpc) is 2.44. The molecule has 1 aliphatic rings. The number of ether oxygens (including phenoxy) is 2. The molecule has 112 valence electrons. The van der Waals surface area contributed by atoms with Gasteiger partial charge in [0.05, 0.1) is 30.0 Å². The monoisotopic (exact) mass is 343 g/mol. The Hall–Kier alpha value is -0.720. The SMILES string of the molecule is CCNc1nc(C2COCCO2)nc(CC(C)C)c1Br. The first-order chi connectivity index (χ1) is 9.61. The molecule has 1 aliphatic heterocycles. The summed E-state index contributed by atoms with van der Waals surface area (Å²) in [6.45, 7) is 9.00. The van der Waals surface area contributed by atoms with Crippen LogP contribution in [0.15, 0.2) is 4.47 Å². The summed E-state index contributed by atoms with van der Waals surface area (Å²) in [5.74, 6) is 2.08. The third-order valence-electron chi connectivity index (χ3n) is 2.99. The van der Waals surface area contributed by atoms with E-state index >= 15 is 0 Å². The molecular weight excluding hydrogens is 322 g/mol. The van der Waals surface area contributed by atoms with Gasteiger partial charge in [0, 0.05) is 6.54 Å². The predicted molar refractivity (Wildman–Crippen MR) is 81.9 cm³/mol. The fourth-order valence-electron chi connectivity index (χ4n) is 2.10. The second-order valence-electron chi connectivity index (χ2n) is 5.25. The van der Waals surface area contributed by atoms with E-state index in [1.54, 1.807) is 0 Å². The van der Waals surface area contributed by atoms with Crippen molar-refractivity contribution < 1.29 is 9.47 Å². The second-order valence-corrected chi connectivity index (χ2v) is 6.05. The molecule has 0 bridgehead atoms. The molecule has 1 saturated heterocycles. The van der Waals surface area contributed by atoms with Crippen LogP contribution in [0.3, 0.4) is 0 Å². The van der Waals surface area contributed by atoms with Crippen LogP contribution >= 0.6 is 15.9 Å². The number of anilines is 1. The maximum absolute atomic E-state index is 5.70. The van der Waals surface area contributed by atoms with Crippen molar-refractivity contribution in [1.29, 1.82) is 0 Å². The highest BCUT2D eigenvalue weighted by Crippen LogP contribution is 2.28. The van der Waals surface area contributed by atoms with Crippen LogP contribution < -0.4 is 5.32 Å². The smallest absolute Gasteiger partial charge is 0.162 e. The molecule has 1 aromatic heterocycles. The van der Waals surface area contributed by atoms with Crippen LogP contribution in [0.5, 0.6) is 0 Å². The van der Waals surface area contributed by atoms with Crippen LogP contribution in [0, 0.1) is 5.92 Å². The number of nitrogens with one attached hydrogen (secondary N) is 1. The molecule has 1 aromatic rings. The first-order valence-electron chi connectivity index (χ1n) is 7.11. The largest absolute Gasteiger partial charge is 0.376 e. The van der Waals surface area contributed by atoms with Gasteiger partial charge in [-0.15, -0.1) is 0 Å². The van der Waals surface area contributed by atoms with Crippen molar-refractivity contribution in [3.8, 4) is 0 Å². The van der Waals surface area contributed by atoms with Crippen LogP contribution in [0.25, 0.3) is 0 Å². The fraction of sp³-hybridized carbons (Fsp3) is 0.714. The maximum Gasteiger partial charge on any atom is 0.162 e. The zero-order chi connectivity index (χ0) is 14.5. The number of nitrogens with zero attached hydrogens (tertiary/aromatic N) is 2. The lowest BCUT2D eigenvalue weighted by molar-refractivity contribution is -0.0935. The zero-order valence-corrected chi connectivity index (χ0v) is 13.9. The van der Waals surface area contributed by atoms with Crippen molar-refractivity contribution >= 4 is 21.7 Å². The lowest BCUT2D eigenvalue weighted by Crippen LogP contribution is -2.24. The summed E-state index contributed by atoms with van der Waals surface area (Å²) in [6, 6.07) is 0. The standard InChI is InChI=1S/C14H22BrN3O2/c1-4-16-14-12(15)10(7-9(2)3)17-13(18-14)11-8-19-5-6-20-11/h9,11H,4-8H2,1-3H3,(H,16,17,18). The Bertz CT molecular complexity index is 448. The molecule has 0 saturated carbocycles. The van der Waals surface area contributed by atoms with Gasteiger partial charge in [-0.2, -0.15) is 0 Å². The molecule has 2 rings (SSSR count). The van der Waals surface area contributed by atoms with Crippen LogP contribution in [-0.2, 0) is 15.9 Å². The third-order valence-corrected chi connectivity index (χ3v) is 3.82. The van der Waals surface area contributed by atoms with E-state index in [0.717, 1.165) is 29.0 Å². The molecule has 6 heteroatoms. The molecule has 5 nitrogen and oxygen atoms in total. The summed E-state index contributed by atoms with van der Waals surface area (Å²) in [7, 11) is 0. The molecular formula is C14H22BrN3O2. The van der Waals surface area contributed by atoms with E-state index < -0.39 is 0 Å². The number of hydrogen-bond acceptors (Lipinski definition) is 5. The van der Waals surface area contributed by atoms with Gasteiger partial charge in [-0.1, -0.05) is 13.8 Å². The maximum atomic E-state index is 5.70. The van der Waals surface area contributed by atoms with Crippen LogP contribution in [-0.4, -0.2) is 36.3 Å². The third kappa shape index (κ3) is 3.90. The normalized spacial score (nSPS) is 19.4. The predicted octanol–water partition coefficient (Wildman–Crippen LogP) is 2.96. The highest BCUT2D eigenvalue weighted by molar-refractivity contribution is 9.10. The van der Waals surface area contributed by atoms with E-state index in [0.29, 0.717) is 31.6 Å². The minimum absolute atomic E-state index is 0.167. The summed E-state index contributed by atoms with van der Waals surface area (Å²) in [5, 5.41) is 3.27. The van der Waals surface area contributed by atoms with Crippen molar-refractivity contribution in [3.63, 3.8) is 0 Å². The van der Waals surface area contributed by atoms with Crippen LogP contribution in [0.4, 0.5) is 5.82 Å². The lowest BCUT2D eigenvalue weighted by atomic mass is 10.1. The van der Waals surface area contributed by atoms with E-state index in [2.05, 4.69) is 52.0 Å². The molecule has 2 heterocycles. The fourth-order valence-corrected chi connectivity index (χ4v) is 2.58. The van der Waals surface area contributed by atoms with Gasteiger partial charge in [-0.05, 0) is 35.2 Å². The van der Waals surface area contributed by atoms with Crippen LogP contribution in [0.2, 0.25) is 0 Å². The molecule has 0 amide bonds. The Morgan fingerprint density at radius 2 is 2.15 bits per heavy atom. The van der Waals surface area contributed by atoms with Crippen molar-refractivity contribution in [2.45, 2.75) is 33.3 Å². The van der Waals surface area contributed by atoms with Gasteiger partial charge in [0.2, 0.25) is 0 Å². The summed E-state index contributed by atoms with van der Waals surface area (Å²) >= 11 is 3.61. The second kappa shape index (κ2) is 7.33. The Kier molecular flexibility index (Phi) is 5.74. The average molecular weight is 344 g/mol. The van der Waals surface area contributed by atoms with Crippen molar-refractivity contribution in [1.82, 2.24) is 9.97 Å². The van der Waals surface area contributed by atoms with Crippen LogP contribution in [0.1, 0.15) is 38.4 Å². The summed E-state index contributed by atoms with van der Waals surface area (Å²) in [5.41, 5.74) is 1.02. The molecule has 1 unspecified atom stereocenters. The minimum Gasteiger partial charge on any atom is -0.376 e. The first kappa shape index (κ1) is 15.7. The van der Waals surface area contributed by atoms with Crippen molar-refractivity contribution in [3.05, 3.63) is 16.0 Å². The zero-order valence-electron chi connectivity index (χ0n) is 12.3. The minimum atomic E-state index is -0.167. The van der Waals surface area contributed by atoms with Gasteiger partial charge in [0.25, 0.3) is 0 Å². The first-order valence-corrected chi connectivity index (χ1v) is 7.90. The van der Waals surface area contributed by atoms with Gasteiger partial charge in [-0.3, -0.25) is 0 Å². The van der Waals surface area contributed by atoms with E-state index in [1.807, 2.05) is 0 Å². The Morgan fingerprint density at radius 1 is 1.35 bits per heavy atom. The molecule has 1 atom stereocenters. The Morgan fingerprint density at radius 3 is 2.75 bits per heavy atom. The van der Waals surface area contributed by atoms with Gasteiger partial charge in [0.15, 0.2) is 5.82 Å². The van der Waals surface area contributed by atoms with E-state index in [1.165, 1.54) is 0 Å². The van der Waals surface area contributed by atoms with Gasteiger partial charge in [0.1, 0.15) is 11.9 Å². The van der Waals surface area contributed by atoms with E-state index in [-0.39, 0.29) is 6.10 Å². The van der Waals surface area contributed by atoms with Gasteiger partial charge >= 0.3 is 0 Å². The molecule has 0 aliphatic carbocycles. The summed E-state index contributed by atoms with van der Waals surface area (Å²) in [4.78, 5) is 9.26. The van der Waals surface area contributed by atoms with Crippen molar-refractivity contribution in [2.24, 2.45) is 5.92 Å². The summed E-state index contributed by atoms with van der Waals surface area (Å²) < 4.78 is 12.1. The Labute approximate surface area is 128 Å². The number of hydrogen-bond donors (Lipinski definition) is 1. The lowest BCUT2D eigenvalue weighted by Gasteiger charge is -2.23. The molecule has 0 radical (unpaired) electrons. The highest BCUT2D eigenvalue weighted by Gasteiger charge is 2.22. The molecule has 0 spiro atoms. The Balaban J connectivity index is 2.32. The highest BCUT2D eigenvalue weighted by atomic mass is 79.9. The number of aromatic nitrogens is 2. The van der Waals surface area contributed by atoms with E-state index in [4.69, 9.17) is 9.47 Å². The molecule has 1 fully saturated rings. The molecule has 20 heavy (non-hydrogen) atoms.